The van der Waals surface area contributed by atoms with E-state index in [0.717, 1.165) is 22.8 Å². The van der Waals surface area contributed by atoms with Crippen LogP contribution in [0.25, 0.3) is 22.0 Å². The molecule has 9 heteroatoms. The minimum absolute atomic E-state index is 0.152. The zero-order chi connectivity index (χ0) is 26.8. The van der Waals surface area contributed by atoms with Crippen molar-refractivity contribution in [2.45, 2.75) is 44.6 Å². The van der Waals surface area contributed by atoms with Gasteiger partial charge in [0.05, 0.1) is 11.3 Å². The third-order valence-corrected chi connectivity index (χ3v) is 7.37. The average Bonchev–Trinajstić information content (AvgIpc) is 2.86. The summed E-state index contributed by atoms with van der Waals surface area (Å²) in [5.41, 5.74) is 7.11. The number of sulfonamides is 1. The second-order valence-corrected chi connectivity index (χ2v) is 11.4. The van der Waals surface area contributed by atoms with Crippen LogP contribution in [0.2, 0.25) is 0 Å². The van der Waals surface area contributed by atoms with Crippen molar-refractivity contribution in [3.8, 4) is 11.3 Å². The summed E-state index contributed by atoms with van der Waals surface area (Å²) in [6, 6.07) is 20.2. The lowest BCUT2D eigenvalue weighted by Gasteiger charge is -2.37. The van der Waals surface area contributed by atoms with Gasteiger partial charge < -0.3 is 10.6 Å². The number of pyridine rings is 2. The Morgan fingerprint density at radius 3 is 2.41 bits per heavy atom. The number of anilines is 2. The van der Waals surface area contributed by atoms with E-state index in [4.69, 9.17) is 10.7 Å². The van der Waals surface area contributed by atoms with Crippen LogP contribution in [0.5, 0.6) is 0 Å². The minimum Gasteiger partial charge on any atom is -0.383 e. The standard InChI is InChI=1S/C28H31N5O3S/c1-5-17-33(28(2,3)4)26-22(27(34)32-37(35,36)24-11-8-16-30-25(24)29)14-15-23(31-26)21-13-12-19-9-6-7-10-20(19)18-21/h6-16,18H,5,17H2,1-4H3,(H2,29,30)(H,32,34). The third kappa shape index (κ3) is 5.56. The highest BCUT2D eigenvalue weighted by Crippen LogP contribution is 2.31. The van der Waals surface area contributed by atoms with Crippen molar-refractivity contribution in [2.24, 2.45) is 0 Å². The first-order valence-electron chi connectivity index (χ1n) is 12.1. The lowest BCUT2D eigenvalue weighted by atomic mass is 10.0. The molecule has 0 aliphatic rings. The van der Waals surface area contributed by atoms with E-state index < -0.39 is 15.9 Å². The van der Waals surface area contributed by atoms with Gasteiger partial charge in [-0.15, -0.1) is 0 Å². The number of nitrogens with two attached hydrogens (primary N) is 1. The van der Waals surface area contributed by atoms with Crippen molar-refractivity contribution >= 4 is 38.3 Å². The monoisotopic (exact) mass is 517 g/mol. The predicted molar refractivity (Wildman–Crippen MR) is 148 cm³/mol. The van der Waals surface area contributed by atoms with Crippen LogP contribution in [0, 0.1) is 0 Å². The van der Waals surface area contributed by atoms with E-state index in [1.807, 2.05) is 69.0 Å². The predicted octanol–water partition coefficient (Wildman–Crippen LogP) is 5.01. The normalized spacial score (nSPS) is 11.9. The number of nitrogens with one attached hydrogen (secondary N) is 1. The lowest BCUT2D eigenvalue weighted by molar-refractivity contribution is 0.0981. The Morgan fingerprint density at radius 1 is 1.00 bits per heavy atom. The van der Waals surface area contributed by atoms with E-state index >= 15 is 0 Å². The van der Waals surface area contributed by atoms with Gasteiger partial charge in [-0.3, -0.25) is 4.79 Å². The van der Waals surface area contributed by atoms with E-state index in [9.17, 15) is 13.2 Å². The molecule has 0 bridgehead atoms. The number of hydrogen-bond donors (Lipinski definition) is 2. The highest BCUT2D eigenvalue weighted by molar-refractivity contribution is 7.90. The second-order valence-electron chi connectivity index (χ2n) is 9.77. The van der Waals surface area contributed by atoms with Gasteiger partial charge in [-0.05, 0) is 68.3 Å². The van der Waals surface area contributed by atoms with Crippen molar-refractivity contribution < 1.29 is 13.2 Å². The van der Waals surface area contributed by atoms with Crippen molar-refractivity contribution in [2.75, 3.05) is 17.2 Å². The summed E-state index contributed by atoms with van der Waals surface area (Å²) in [6.07, 6.45) is 2.19. The van der Waals surface area contributed by atoms with Crippen LogP contribution in [0.3, 0.4) is 0 Å². The van der Waals surface area contributed by atoms with Gasteiger partial charge in [0.1, 0.15) is 16.5 Å². The number of amides is 1. The van der Waals surface area contributed by atoms with Crippen molar-refractivity contribution in [3.05, 3.63) is 78.5 Å². The molecule has 2 heterocycles. The molecule has 0 saturated heterocycles. The third-order valence-electron chi connectivity index (χ3n) is 5.99. The van der Waals surface area contributed by atoms with Crippen LogP contribution >= 0.6 is 0 Å². The Labute approximate surface area is 217 Å². The van der Waals surface area contributed by atoms with E-state index in [-0.39, 0.29) is 21.8 Å². The number of carbonyl (C=O) groups is 1. The maximum absolute atomic E-state index is 13.4. The summed E-state index contributed by atoms with van der Waals surface area (Å²) in [6.45, 7) is 8.76. The van der Waals surface area contributed by atoms with Gasteiger partial charge in [-0.1, -0.05) is 43.3 Å². The maximum atomic E-state index is 13.4. The molecule has 0 atom stereocenters. The summed E-state index contributed by atoms with van der Waals surface area (Å²) in [4.78, 5) is 23.9. The number of carbonyl (C=O) groups excluding carboxylic acids is 1. The lowest BCUT2D eigenvalue weighted by Crippen LogP contribution is -2.44. The molecular formula is C28H31N5O3S. The van der Waals surface area contributed by atoms with Crippen LogP contribution in [0.1, 0.15) is 44.5 Å². The van der Waals surface area contributed by atoms with Crippen molar-refractivity contribution in [1.29, 1.82) is 0 Å². The second kappa shape index (κ2) is 10.2. The molecule has 0 aliphatic carbocycles. The Bertz CT molecular complexity index is 1560. The number of nitrogen functional groups attached to an aromatic ring is 1. The minimum atomic E-state index is -4.25. The highest BCUT2D eigenvalue weighted by atomic mass is 32.2. The molecule has 4 aromatic rings. The molecule has 37 heavy (non-hydrogen) atoms. The van der Waals surface area contributed by atoms with Gasteiger partial charge in [-0.25, -0.2) is 23.1 Å². The molecule has 0 aliphatic heterocycles. The molecular weight excluding hydrogens is 486 g/mol. The molecule has 0 spiro atoms. The van der Waals surface area contributed by atoms with Gasteiger partial charge in [0.15, 0.2) is 0 Å². The molecule has 0 fully saturated rings. The SMILES string of the molecule is CCCN(c1nc(-c2ccc3ccccc3c2)ccc1C(=O)NS(=O)(=O)c1cccnc1N)C(C)(C)C. The van der Waals surface area contributed by atoms with Gasteiger partial charge in [0.25, 0.3) is 15.9 Å². The zero-order valence-electron chi connectivity index (χ0n) is 21.4. The fourth-order valence-corrected chi connectivity index (χ4v) is 5.24. The summed E-state index contributed by atoms with van der Waals surface area (Å²) in [5, 5.41) is 2.19. The number of rotatable bonds is 7. The summed E-state index contributed by atoms with van der Waals surface area (Å²) < 4.78 is 28.1. The Hall–Kier alpha value is -3.98. The summed E-state index contributed by atoms with van der Waals surface area (Å²) in [7, 11) is -4.25. The highest BCUT2D eigenvalue weighted by Gasteiger charge is 2.29. The molecule has 1 amide bonds. The maximum Gasteiger partial charge on any atom is 0.268 e. The van der Waals surface area contributed by atoms with Crippen LogP contribution in [-0.4, -0.2) is 36.4 Å². The largest absolute Gasteiger partial charge is 0.383 e. The Morgan fingerprint density at radius 2 is 1.73 bits per heavy atom. The molecule has 0 unspecified atom stereocenters. The quantitative estimate of drug-likeness (QED) is 0.354. The van der Waals surface area contributed by atoms with Crippen LogP contribution in [0.15, 0.2) is 77.8 Å². The van der Waals surface area contributed by atoms with E-state index in [1.54, 1.807) is 12.1 Å². The molecule has 0 radical (unpaired) electrons. The molecule has 2 aromatic heterocycles. The van der Waals surface area contributed by atoms with Gasteiger partial charge in [-0.2, -0.15) is 0 Å². The first-order valence-corrected chi connectivity index (χ1v) is 13.5. The van der Waals surface area contributed by atoms with Crippen LogP contribution < -0.4 is 15.4 Å². The van der Waals surface area contributed by atoms with Crippen LogP contribution in [0.4, 0.5) is 11.6 Å². The van der Waals surface area contributed by atoms with Gasteiger partial charge in [0, 0.05) is 23.8 Å². The Kier molecular flexibility index (Phi) is 7.18. The summed E-state index contributed by atoms with van der Waals surface area (Å²) in [5.74, 6) is -0.567. The fourth-order valence-electron chi connectivity index (χ4n) is 4.19. The van der Waals surface area contributed by atoms with Crippen molar-refractivity contribution in [3.63, 3.8) is 0 Å². The fraction of sp³-hybridized carbons (Fsp3) is 0.250. The zero-order valence-corrected chi connectivity index (χ0v) is 22.2. The number of aromatic nitrogens is 2. The van der Waals surface area contributed by atoms with E-state index in [1.165, 1.54) is 18.3 Å². The topological polar surface area (TPSA) is 118 Å². The Balaban J connectivity index is 1.81. The first kappa shape index (κ1) is 26.1. The van der Waals surface area contributed by atoms with E-state index in [0.29, 0.717) is 18.1 Å². The van der Waals surface area contributed by atoms with E-state index in [2.05, 4.69) is 15.8 Å². The van der Waals surface area contributed by atoms with Crippen LogP contribution in [-0.2, 0) is 10.0 Å². The van der Waals surface area contributed by atoms with Gasteiger partial charge in [0.2, 0.25) is 0 Å². The number of nitrogens with zero attached hydrogens (tertiary/aromatic N) is 3. The smallest absolute Gasteiger partial charge is 0.268 e. The molecule has 192 valence electrons. The number of benzene rings is 2. The summed E-state index contributed by atoms with van der Waals surface area (Å²) >= 11 is 0. The molecule has 2 aromatic carbocycles. The van der Waals surface area contributed by atoms with Crippen molar-refractivity contribution in [1.82, 2.24) is 14.7 Å². The first-order chi connectivity index (χ1) is 17.5. The van der Waals surface area contributed by atoms with Gasteiger partial charge >= 0.3 is 0 Å². The molecule has 8 nitrogen and oxygen atoms in total. The molecule has 4 rings (SSSR count). The number of hydrogen-bond acceptors (Lipinski definition) is 7. The molecule has 0 saturated carbocycles. The average molecular weight is 518 g/mol. The molecule has 3 N–H and O–H groups in total. The number of fused-ring (bicyclic) bond motifs is 1.